The minimum atomic E-state index is -2.14. The smallest absolute Gasteiger partial charge is 0.200 e. The molecule has 0 unspecified atom stereocenters. The number of likely N-dealkylation sites (tertiary alicyclic amines) is 1. The highest BCUT2D eigenvalue weighted by molar-refractivity contribution is 6.30. The molecule has 1 aromatic heterocycles. The number of piperidine rings is 1. The van der Waals surface area contributed by atoms with Crippen molar-refractivity contribution in [1.29, 1.82) is 0 Å². The third-order valence-corrected chi connectivity index (χ3v) is 6.52. The van der Waals surface area contributed by atoms with E-state index in [-0.39, 0.29) is 58.7 Å². The number of Topliss-reactive ketones (excluding diaryl/α,β-unsaturated/α-hetero) is 1. The lowest BCUT2D eigenvalue weighted by atomic mass is 9.89. The number of benzene rings is 2. The number of anilines is 1. The average molecular weight is 531 g/mol. The van der Waals surface area contributed by atoms with Crippen molar-refractivity contribution in [3.63, 3.8) is 0 Å². The maximum atomic E-state index is 13.7. The Balaban J connectivity index is 0.00000323. The molecule has 0 bridgehead atoms. The van der Waals surface area contributed by atoms with Crippen LogP contribution in [0.4, 0.5) is 5.69 Å². The quantitative estimate of drug-likeness (QED) is 0.465. The van der Waals surface area contributed by atoms with Crippen molar-refractivity contribution in [1.82, 2.24) is 4.90 Å². The summed E-state index contributed by atoms with van der Waals surface area (Å²) < 4.78 is 40.7. The maximum Gasteiger partial charge on any atom is 0.200 e. The number of aliphatic hydroxyl groups is 1. The Hall–Kier alpha value is -3.39. The zero-order chi connectivity index (χ0) is 27.7. The number of hydrogen-bond acceptors (Lipinski definition) is 7. The topological polar surface area (TPSA) is 95.2 Å². The third-order valence-electron chi connectivity index (χ3n) is 6.28. The van der Waals surface area contributed by atoms with Gasteiger partial charge in [0.15, 0.2) is 16.9 Å². The largest absolute Gasteiger partial charge is 0.508 e. The number of carbonyl (C=O) groups excluding carboxylic acids is 1. The predicted octanol–water partition coefficient (Wildman–Crippen LogP) is 4.28. The summed E-state index contributed by atoms with van der Waals surface area (Å²) in [4.78, 5) is 20.3. The second kappa shape index (κ2) is 9.58. The predicted molar refractivity (Wildman–Crippen MR) is 139 cm³/mol. The number of nitrogens with one attached hydrogen (secondary N) is 1. The van der Waals surface area contributed by atoms with Gasteiger partial charge in [0.1, 0.15) is 22.6 Å². The second-order valence-electron chi connectivity index (χ2n) is 8.55. The minimum absolute atomic E-state index is 0. The van der Waals surface area contributed by atoms with Crippen molar-refractivity contribution < 1.29 is 29.7 Å². The Morgan fingerprint density at radius 2 is 1.92 bits per heavy atom. The van der Waals surface area contributed by atoms with Crippen LogP contribution in [-0.2, 0) is 0 Å². The number of phenols is 1. The van der Waals surface area contributed by atoms with Crippen LogP contribution in [0, 0.1) is 0 Å². The van der Waals surface area contributed by atoms with E-state index in [2.05, 4.69) is 5.48 Å². The lowest BCUT2D eigenvalue weighted by Gasteiger charge is -2.32. The first-order valence-electron chi connectivity index (χ1n) is 13.1. The van der Waals surface area contributed by atoms with Crippen LogP contribution in [0.3, 0.4) is 0 Å². The zero-order valence-corrected chi connectivity index (χ0v) is 20.3. The molecule has 3 aromatic rings. The number of allylic oxidation sites excluding steroid dienone is 1. The molecule has 36 heavy (non-hydrogen) atoms. The van der Waals surface area contributed by atoms with Crippen molar-refractivity contribution in [3.8, 4) is 11.5 Å². The molecule has 0 atom stereocenters. The van der Waals surface area contributed by atoms with Crippen LogP contribution < -0.4 is 21.1 Å². The molecule has 0 saturated carbocycles. The van der Waals surface area contributed by atoms with Gasteiger partial charge < -0.3 is 19.5 Å². The van der Waals surface area contributed by atoms with E-state index in [9.17, 15) is 15.0 Å². The highest BCUT2D eigenvalue weighted by atomic mass is 35.5. The summed E-state index contributed by atoms with van der Waals surface area (Å²) in [5.74, 6) is -1.20. The Morgan fingerprint density at radius 1 is 1.11 bits per heavy atom. The molecule has 3 N–H and O–H groups in total. The van der Waals surface area contributed by atoms with E-state index in [0.717, 1.165) is 10.5 Å². The van der Waals surface area contributed by atoms with Crippen LogP contribution in [0.25, 0.3) is 12.2 Å². The number of carbonyl (C=O) groups is 1. The molecule has 1 saturated heterocycles. The average Bonchev–Trinajstić information content (AvgIpc) is 3.09. The summed E-state index contributed by atoms with van der Waals surface area (Å²) >= 11 is 6.11. The van der Waals surface area contributed by atoms with Crippen LogP contribution >= 0.6 is 24.0 Å². The number of furan rings is 1. The van der Waals surface area contributed by atoms with E-state index in [1.807, 2.05) is 0 Å². The van der Waals surface area contributed by atoms with Crippen LogP contribution in [0.2, 0.25) is 5.02 Å². The fourth-order valence-corrected chi connectivity index (χ4v) is 4.64. The molecule has 2 aliphatic heterocycles. The van der Waals surface area contributed by atoms with E-state index in [1.54, 1.807) is 36.4 Å². The van der Waals surface area contributed by atoms with Crippen molar-refractivity contribution in [2.24, 2.45) is 0 Å². The molecule has 186 valence electrons. The molecule has 6 rings (SSSR count). The lowest BCUT2D eigenvalue weighted by molar-refractivity contribution is 0.101. The van der Waals surface area contributed by atoms with Gasteiger partial charge in [-0.3, -0.25) is 9.69 Å². The third kappa shape index (κ3) is 4.34. The van der Waals surface area contributed by atoms with Crippen molar-refractivity contribution in [2.75, 3.05) is 25.0 Å². The fourth-order valence-electron chi connectivity index (χ4n) is 4.44. The van der Waals surface area contributed by atoms with Gasteiger partial charge in [-0.1, -0.05) is 23.7 Å². The number of phenolic OH excluding ortho intramolecular Hbond substituents is 1. The molecule has 7 nitrogen and oxygen atoms in total. The summed E-state index contributed by atoms with van der Waals surface area (Å²) in [6.07, 6.45) is 2.83. The van der Waals surface area contributed by atoms with Gasteiger partial charge in [0.05, 0.1) is 11.1 Å². The highest BCUT2D eigenvalue weighted by Crippen LogP contribution is 2.31. The number of fused-ring (bicyclic) bond motifs is 4. The molecular weight excluding hydrogens is 503 g/mol. The van der Waals surface area contributed by atoms with E-state index in [4.69, 9.17) is 26.3 Å². The van der Waals surface area contributed by atoms with Crippen molar-refractivity contribution in [2.45, 2.75) is 18.8 Å². The summed E-state index contributed by atoms with van der Waals surface area (Å²) in [6.45, 7) is -4.76. The highest BCUT2D eigenvalue weighted by Gasteiger charge is 2.32. The summed E-state index contributed by atoms with van der Waals surface area (Å²) in [5, 5.41) is 21.0. The van der Waals surface area contributed by atoms with Gasteiger partial charge in [-0.25, -0.2) is 5.48 Å². The number of halogens is 2. The van der Waals surface area contributed by atoms with Gasteiger partial charge in [-0.2, -0.15) is 0 Å². The Morgan fingerprint density at radius 3 is 2.69 bits per heavy atom. The molecule has 0 spiro atoms. The molecule has 1 fully saturated rings. The Bertz CT molecular complexity index is 1670. The number of aliphatic hydroxyl groups excluding tert-OH is 1. The maximum absolute atomic E-state index is 13.7. The molecule has 9 heteroatoms. The second-order valence-corrected chi connectivity index (χ2v) is 8.99. The monoisotopic (exact) mass is 530 g/mol. The van der Waals surface area contributed by atoms with Gasteiger partial charge in [-0.05, 0) is 67.7 Å². The summed E-state index contributed by atoms with van der Waals surface area (Å²) in [5.41, 5.74) is 4.47. The zero-order valence-electron chi connectivity index (χ0n) is 22.7. The van der Waals surface area contributed by atoms with Gasteiger partial charge in [-0.15, -0.1) is 12.4 Å². The Kier molecular flexibility index (Phi) is 5.26. The van der Waals surface area contributed by atoms with Crippen molar-refractivity contribution in [3.05, 3.63) is 86.3 Å². The van der Waals surface area contributed by atoms with E-state index in [1.165, 1.54) is 18.2 Å². The molecule has 0 amide bonds. The van der Waals surface area contributed by atoms with Gasteiger partial charge in [0.2, 0.25) is 0 Å². The van der Waals surface area contributed by atoms with Crippen LogP contribution in [-0.4, -0.2) is 40.4 Å². The van der Waals surface area contributed by atoms with E-state index < -0.39 is 37.0 Å². The first-order valence-corrected chi connectivity index (χ1v) is 11.4. The SMILES string of the molecule is Cl.[2H]C1([2H])CC(c2cccc(Cl)c2)CC([2H])([2H])N1CC1=C(O)C=c2oc3c(c2C1=O)NOc1cc(O)ccc1C=3. The number of ketones is 1. The normalized spacial score (nSPS) is 21.8. The van der Waals surface area contributed by atoms with Crippen LogP contribution in [0.1, 0.15) is 45.7 Å². The fraction of sp³-hybridized carbons (Fsp3) is 0.222. The van der Waals surface area contributed by atoms with Crippen LogP contribution in [0.5, 0.6) is 11.5 Å². The van der Waals surface area contributed by atoms with Crippen molar-refractivity contribution >= 4 is 47.6 Å². The number of aromatic hydroxyl groups is 1. The number of rotatable bonds is 3. The standard InChI is InChI=1S/C27H23ClN2O5.ClH/c28-18-3-1-2-16(10-18)15-6-8-30(9-7-15)14-20-21(32)13-23-25(27(20)33)26-24(34-23)11-17-4-5-19(31)12-22(17)35-29-26;/h1-5,10-13,15,29,31-32H,6-9,14H2;1H/i8D2,9D2;. The summed E-state index contributed by atoms with van der Waals surface area (Å²) in [7, 11) is 0. The van der Waals surface area contributed by atoms with Gasteiger partial charge in [0, 0.05) is 34.8 Å². The molecule has 0 radical (unpaired) electrons. The first kappa shape index (κ1) is 19.8. The van der Waals surface area contributed by atoms with Crippen LogP contribution in [0.15, 0.2) is 58.2 Å². The molecular formula is C27H24Cl2N2O5. The minimum Gasteiger partial charge on any atom is -0.508 e. The number of nitrogens with zero attached hydrogens (tertiary/aromatic N) is 1. The van der Waals surface area contributed by atoms with E-state index in [0.29, 0.717) is 16.3 Å². The molecule has 3 aliphatic rings. The van der Waals surface area contributed by atoms with Gasteiger partial charge in [0.25, 0.3) is 0 Å². The summed E-state index contributed by atoms with van der Waals surface area (Å²) in [6, 6.07) is 11.5. The Labute approximate surface area is 223 Å². The lowest BCUT2D eigenvalue weighted by Crippen LogP contribution is -2.37. The molecule has 2 aromatic carbocycles. The molecule has 3 heterocycles. The number of hydrogen-bond donors (Lipinski definition) is 3. The first-order chi connectivity index (χ1) is 18.4. The van der Waals surface area contributed by atoms with Gasteiger partial charge >= 0.3 is 0 Å². The van der Waals surface area contributed by atoms with E-state index >= 15 is 0 Å². The molecule has 1 aliphatic carbocycles.